The summed E-state index contributed by atoms with van der Waals surface area (Å²) < 4.78 is 13.5. The van der Waals surface area contributed by atoms with Crippen LogP contribution in [-0.4, -0.2) is 64.0 Å². The largest absolute Gasteiger partial charge is 0.334 e. The average molecular weight is 502 g/mol. The number of halogens is 1. The van der Waals surface area contributed by atoms with E-state index in [1.165, 1.54) is 22.0 Å². The summed E-state index contributed by atoms with van der Waals surface area (Å²) in [7, 11) is 1.69. The van der Waals surface area contributed by atoms with Crippen LogP contribution in [0.5, 0.6) is 0 Å². The lowest BCUT2D eigenvalue weighted by molar-refractivity contribution is -0.188. The fourth-order valence-electron chi connectivity index (χ4n) is 4.96. The minimum absolute atomic E-state index is 0.0379. The SMILES string of the molecule is CN1CC(=O)N2C(c3ccccc3)C(=O)N(Cc3ccc(F)cc3)C[C@@H]2N1C(=O)NCc1ccccc1. The van der Waals surface area contributed by atoms with Gasteiger partial charge in [0.15, 0.2) is 0 Å². The van der Waals surface area contributed by atoms with Gasteiger partial charge in [-0.05, 0) is 28.8 Å². The summed E-state index contributed by atoms with van der Waals surface area (Å²) in [5, 5.41) is 6.06. The number of fused-ring (bicyclic) bond motifs is 1. The number of urea groups is 1. The second-order valence-corrected chi connectivity index (χ2v) is 9.24. The van der Waals surface area contributed by atoms with Crippen LogP contribution in [0.4, 0.5) is 9.18 Å². The number of carbonyl (C=O) groups is 3. The van der Waals surface area contributed by atoms with Gasteiger partial charge in [-0.25, -0.2) is 19.2 Å². The van der Waals surface area contributed by atoms with E-state index in [0.717, 1.165) is 11.1 Å². The molecule has 0 radical (unpaired) electrons. The topological polar surface area (TPSA) is 76.2 Å². The van der Waals surface area contributed by atoms with E-state index in [1.807, 2.05) is 60.7 Å². The van der Waals surface area contributed by atoms with Gasteiger partial charge in [0.1, 0.15) is 18.0 Å². The fraction of sp³-hybridized carbons (Fsp3) is 0.250. The molecule has 0 aromatic heterocycles. The Morgan fingerprint density at radius 2 is 1.57 bits per heavy atom. The zero-order valence-electron chi connectivity index (χ0n) is 20.5. The Kier molecular flexibility index (Phi) is 6.87. The molecule has 9 heteroatoms. The lowest BCUT2D eigenvalue weighted by Crippen LogP contribution is -2.73. The standard InChI is InChI=1S/C28H28FN5O3/c1-31-19-25(35)33-24(34(31)28(37)30-16-20-8-4-2-5-9-20)18-32(17-21-12-14-23(29)15-13-21)27(36)26(33)22-10-6-3-7-11-22/h2-15,24,26H,16-19H2,1H3,(H,30,37)/t24-,26?/m0/s1. The molecule has 3 aromatic rings. The maximum Gasteiger partial charge on any atom is 0.334 e. The van der Waals surface area contributed by atoms with E-state index in [4.69, 9.17) is 0 Å². The molecule has 8 nitrogen and oxygen atoms in total. The number of carbonyl (C=O) groups excluding carboxylic acids is 3. The van der Waals surface area contributed by atoms with Crippen LogP contribution in [0.25, 0.3) is 0 Å². The number of piperazine rings is 1. The highest BCUT2D eigenvalue weighted by Crippen LogP contribution is 2.35. The summed E-state index contributed by atoms with van der Waals surface area (Å²) in [6.07, 6.45) is -0.717. The minimum atomic E-state index is -0.883. The molecule has 4 amide bonds. The van der Waals surface area contributed by atoms with Crippen molar-refractivity contribution in [2.45, 2.75) is 25.3 Å². The van der Waals surface area contributed by atoms with E-state index < -0.39 is 12.2 Å². The highest BCUT2D eigenvalue weighted by Gasteiger charge is 2.51. The quantitative estimate of drug-likeness (QED) is 0.583. The van der Waals surface area contributed by atoms with Gasteiger partial charge in [-0.15, -0.1) is 0 Å². The zero-order valence-corrected chi connectivity index (χ0v) is 20.5. The lowest BCUT2D eigenvalue weighted by Gasteiger charge is -2.54. The van der Waals surface area contributed by atoms with E-state index >= 15 is 0 Å². The molecule has 2 aliphatic heterocycles. The molecular formula is C28H28FN5O3. The van der Waals surface area contributed by atoms with Crippen molar-refractivity contribution in [2.75, 3.05) is 20.1 Å². The lowest BCUT2D eigenvalue weighted by atomic mass is 9.98. The summed E-state index contributed by atoms with van der Waals surface area (Å²) >= 11 is 0. The van der Waals surface area contributed by atoms with Gasteiger partial charge < -0.3 is 15.1 Å². The highest BCUT2D eigenvalue weighted by molar-refractivity contribution is 5.92. The number of nitrogens with one attached hydrogen (secondary N) is 1. The van der Waals surface area contributed by atoms with Crippen LogP contribution in [0.1, 0.15) is 22.7 Å². The van der Waals surface area contributed by atoms with Gasteiger partial charge in [-0.3, -0.25) is 9.59 Å². The van der Waals surface area contributed by atoms with Crippen molar-refractivity contribution in [2.24, 2.45) is 0 Å². The summed E-state index contributed by atoms with van der Waals surface area (Å²) in [5.41, 5.74) is 2.37. The summed E-state index contributed by atoms with van der Waals surface area (Å²) in [4.78, 5) is 43.7. The third-order valence-electron chi connectivity index (χ3n) is 6.73. The molecule has 2 saturated heterocycles. The molecule has 0 bridgehead atoms. The van der Waals surface area contributed by atoms with Crippen molar-refractivity contribution in [3.8, 4) is 0 Å². The average Bonchev–Trinajstić information content (AvgIpc) is 2.90. The molecule has 0 aliphatic carbocycles. The number of hydrogen-bond donors (Lipinski definition) is 1. The fourth-order valence-corrected chi connectivity index (χ4v) is 4.96. The van der Waals surface area contributed by atoms with E-state index in [2.05, 4.69) is 5.32 Å². The van der Waals surface area contributed by atoms with E-state index in [9.17, 15) is 18.8 Å². The minimum Gasteiger partial charge on any atom is -0.333 e. The Labute approximate surface area is 214 Å². The van der Waals surface area contributed by atoms with Crippen molar-refractivity contribution in [3.05, 3.63) is 107 Å². The predicted octanol–water partition coefficient (Wildman–Crippen LogP) is 3.14. The molecular weight excluding hydrogens is 473 g/mol. The van der Waals surface area contributed by atoms with Crippen molar-refractivity contribution in [3.63, 3.8) is 0 Å². The molecule has 37 heavy (non-hydrogen) atoms. The molecule has 0 saturated carbocycles. The maximum absolute atomic E-state index is 13.8. The summed E-state index contributed by atoms with van der Waals surface area (Å²) in [6, 6.07) is 23.4. The molecule has 5 rings (SSSR count). The Morgan fingerprint density at radius 3 is 2.24 bits per heavy atom. The van der Waals surface area contributed by atoms with Crippen LogP contribution in [0.15, 0.2) is 84.9 Å². The molecule has 190 valence electrons. The second kappa shape index (κ2) is 10.4. The number of hydrogen-bond acceptors (Lipinski definition) is 4. The van der Waals surface area contributed by atoms with E-state index in [1.54, 1.807) is 29.1 Å². The monoisotopic (exact) mass is 501 g/mol. The molecule has 1 unspecified atom stereocenters. The van der Waals surface area contributed by atoms with Gasteiger partial charge in [-0.2, -0.15) is 0 Å². The van der Waals surface area contributed by atoms with Gasteiger partial charge in [0.2, 0.25) is 5.91 Å². The second-order valence-electron chi connectivity index (χ2n) is 9.24. The van der Waals surface area contributed by atoms with Crippen LogP contribution in [0.3, 0.4) is 0 Å². The number of rotatable bonds is 5. The van der Waals surface area contributed by atoms with Crippen LogP contribution in [0, 0.1) is 5.82 Å². The van der Waals surface area contributed by atoms with Crippen molar-refractivity contribution >= 4 is 17.8 Å². The molecule has 2 aliphatic rings. The zero-order chi connectivity index (χ0) is 25.9. The Morgan fingerprint density at radius 1 is 0.919 bits per heavy atom. The number of amides is 4. The Bertz CT molecular complexity index is 1270. The number of nitrogens with zero attached hydrogens (tertiary/aromatic N) is 4. The third-order valence-corrected chi connectivity index (χ3v) is 6.73. The highest BCUT2D eigenvalue weighted by atomic mass is 19.1. The first kappa shape index (κ1) is 24.5. The van der Waals surface area contributed by atoms with Gasteiger partial charge in [0.05, 0.1) is 13.1 Å². The first-order valence-corrected chi connectivity index (χ1v) is 12.1. The molecule has 2 atom stereocenters. The van der Waals surface area contributed by atoms with Crippen LogP contribution in [-0.2, 0) is 22.7 Å². The Balaban J connectivity index is 1.47. The van der Waals surface area contributed by atoms with Crippen LogP contribution in [0.2, 0.25) is 0 Å². The van der Waals surface area contributed by atoms with Crippen molar-refractivity contribution < 1.29 is 18.8 Å². The van der Waals surface area contributed by atoms with Gasteiger partial charge in [0, 0.05) is 20.1 Å². The van der Waals surface area contributed by atoms with Gasteiger partial charge >= 0.3 is 6.03 Å². The first-order chi connectivity index (χ1) is 17.9. The van der Waals surface area contributed by atoms with Crippen LogP contribution >= 0.6 is 0 Å². The molecule has 1 N–H and O–H groups in total. The first-order valence-electron chi connectivity index (χ1n) is 12.1. The molecule has 3 aromatic carbocycles. The normalized spacial score (nSPS) is 20.1. The van der Waals surface area contributed by atoms with E-state index in [-0.39, 0.29) is 43.3 Å². The van der Waals surface area contributed by atoms with Crippen molar-refractivity contribution in [1.29, 1.82) is 0 Å². The Hall–Kier alpha value is -4.24. The number of likely N-dealkylation sites (N-methyl/N-ethyl adjacent to an activating group) is 1. The summed E-state index contributed by atoms with van der Waals surface area (Å²) in [6.45, 7) is 0.632. The van der Waals surface area contributed by atoms with Gasteiger partial charge in [0.25, 0.3) is 5.91 Å². The van der Waals surface area contributed by atoms with Gasteiger partial charge in [-0.1, -0.05) is 72.8 Å². The molecule has 2 heterocycles. The molecule has 0 spiro atoms. The molecule has 2 fully saturated rings. The van der Waals surface area contributed by atoms with E-state index in [0.29, 0.717) is 12.1 Å². The van der Waals surface area contributed by atoms with Crippen LogP contribution < -0.4 is 5.32 Å². The van der Waals surface area contributed by atoms with Crippen molar-refractivity contribution in [1.82, 2.24) is 25.1 Å². The summed E-state index contributed by atoms with van der Waals surface area (Å²) in [5.74, 6) is -0.833. The number of benzene rings is 3. The maximum atomic E-state index is 13.8. The number of hydrazine groups is 1. The third kappa shape index (κ3) is 5.03. The predicted molar refractivity (Wildman–Crippen MR) is 135 cm³/mol. The smallest absolute Gasteiger partial charge is 0.333 e.